The molecule has 2 nitrogen and oxygen atoms in total. The van der Waals surface area contributed by atoms with E-state index in [2.05, 4.69) is 31.1 Å². The molecule has 0 spiro atoms. The molecule has 0 aromatic rings. The normalized spacial score (nSPS) is 19.3. The Morgan fingerprint density at radius 2 is 2.06 bits per heavy atom. The topological polar surface area (TPSA) is 24.4 Å². The van der Waals surface area contributed by atoms with Crippen LogP contribution in [0, 0.1) is 5.92 Å². The van der Waals surface area contributed by atoms with E-state index in [4.69, 9.17) is 0 Å². The van der Waals surface area contributed by atoms with Gasteiger partial charge in [0, 0.05) is 11.8 Å². The van der Waals surface area contributed by atoms with Crippen LogP contribution in [0.15, 0.2) is 4.99 Å². The first-order valence-electron chi connectivity index (χ1n) is 7.67. The van der Waals surface area contributed by atoms with E-state index in [9.17, 15) is 0 Å². The maximum absolute atomic E-state index is 4.56. The van der Waals surface area contributed by atoms with Crippen molar-refractivity contribution in [1.82, 2.24) is 5.32 Å². The molecule has 0 aromatic heterocycles. The first-order valence-corrected chi connectivity index (χ1v) is 8.55. The van der Waals surface area contributed by atoms with Gasteiger partial charge in [-0.3, -0.25) is 4.99 Å². The minimum atomic E-state index is 0.739. The predicted octanol–water partition coefficient (Wildman–Crippen LogP) is 4.45. The molecule has 3 heteroatoms. The minimum absolute atomic E-state index is 0.739. The molecule has 1 atom stereocenters. The van der Waals surface area contributed by atoms with Crippen LogP contribution in [-0.4, -0.2) is 23.5 Å². The lowest BCUT2D eigenvalue weighted by molar-refractivity contribution is 0.519. The summed E-state index contributed by atoms with van der Waals surface area (Å²) < 4.78 is 0. The van der Waals surface area contributed by atoms with Crippen molar-refractivity contribution in [3.8, 4) is 0 Å². The van der Waals surface area contributed by atoms with Crippen molar-refractivity contribution in [2.24, 2.45) is 10.9 Å². The average Bonchev–Trinajstić information content (AvgIpc) is 2.76. The summed E-state index contributed by atoms with van der Waals surface area (Å²) in [7, 11) is 0. The van der Waals surface area contributed by atoms with Crippen molar-refractivity contribution in [3.63, 3.8) is 0 Å². The van der Waals surface area contributed by atoms with Gasteiger partial charge in [0.05, 0.1) is 6.54 Å². The van der Waals surface area contributed by atoms with Gasteiger partial charge in [0.1, 0.15) is 0 Å². The number of amidine groups is 1. The number of aliphatic imine (C=N–C) groups is 1. The Kier molecular flexibility index (Phi) is 8.57. The first kappa shape index (κ1) is 15.9. The molecule has 1 rings (SSSR count). The van der Waals surface area contributed by atoms with Gasteiger partial charge >= 0.3 is 0 Å². The highest BCUT2D eigenvalue weighted by Gasteiger charge is 2.17. The van der Waals surface area contributed by atoms with Gasteiger partial charge in [0.15, 0.2) is 5.17 Å². The molecule has 0 radical (unpaired) electrons. The molecular weight excluding hydrogens is 240 g/mol. The van der Waals surface area contributed by atoms with E-state index < -0.39 is 0 Å². The van der Waals surface area contributed by atoms with Gasteiger partial charge in [0.2, 0.25) is 0 Å². The highest BCUT2D eigenvalue weighted by molar-refractivity contribution is 8.14. The van der Waals surface area contributed by atoms with Crippen molar-refractivity contribution >= 4 is 16.9 Å². The lowest BCUT2D eigenvalue weighted by atomic mass is 10.0. The molecule has 0 fully saturated rings. The second-order valence-corrected chi connectivity index (χ2v) is 6.99. The quantitative estimate of drug-likeness (QED) is 0.626. The molecule has 0 saturated heterocycles. The van der Waals surface area contributed by atoms with E-state index in [1.807, 2.05) is 11.8 Å². The summed E-state index contributed by atoms with van der Waals surface area (Å²) >= 11 is 1.95. The summed E-state index contributed by atoms with van der Waals surface area (Å²) in [6.07, 6.45) is 9.38. The van der Waals surface area contributed by atoms with Gasteiger partial charge in [-0.15, -0.1) is 0 Å². The second-order valence-electron chi connectivity index (χ2n) is 5.70. The molecule has 0 aromatic carbocycles. The molecule has 0 amide bonds. The third kappa shape index (κ3) is 7.30. The van der Waals surface area contributed by atoms with Gasteiger partial charge in [-0.2, -0.15) is 0 Å². The molecule has 106 valence electrons. The Morgan fingerprint density at radius 1 is 1.28 bits per heavy atom. The molecule has 1 unspecified atom stereocenters. The molecule has 0 saturated carbocycles. The average molecular weight is 270 g/mol. The Bertz CT molecular complexity index is 239. The zero-order valence-electron chi connectivity index (χ0n) is 12.4. The van der Waals surface area contributed by atoms with Gasteiger partial charge in [-0.25, -0.2) is 0 Å². The van der Waals surface area contributed by atoms with Crippen LogP contribution in [0.3, 0.4) is 0 Å². The minimum Gasteiger partial charge on any atom is -0.365 e. The van der Waals surface area contributed by atoms with E-state index in [-0.39, 0.29) is 0 Å². The van der Waals surface area contributed by atoms with E-state index in [0.29, 0.717) is 0 Å². The van der Waals surface area contributed by atoms with Gasteiger partial charge < -0.3 is 5.32 Å². The summed E-state index contributed by atoms with van der Waals surface area (Å²) in [4.78, 5) is 4.56. The Morgan fingerprint density at radius 3 is 2.78 bits per heavy atom. The van der Waals surface area contributed by atoms with Crippen LogP contribution in [0.2, 0.25) is 0 Å². The van der Waals surface area contributed by atoms with Crippen molar-refractivity contribution in [2.45, 2.75) is 71.0 Å². The van der Waals surface area contributed by atoms with E-state index in [0.717, 1.165) is 24.3 Å². The molecular formula is C15H30N2S. The van der Waals surface area contributed by atoms with Crippen LogP contribution in [0.1, 0.15) is 65.7 Å². The molecule has 18 heavy (non-hydrogen) atoms. The van der Waals surface area contributed by atoms with Crippen molar-refractivity contribution < 1.29 is 0 Å². The van der Waals surface area contributed by atoms with Crippen molar-refractivity contribution in [1.29, 1.82) is 0 Å². The smallest absolute Gasteiger partial charge is 0.156 e. The molecule has 1 N–H and O–H groups in total. The van der Waals surface area contributed by atoms with Gasteiger partial charge in [-0.05, 0) is 18.8 Å². The number of nitrogens with zero attached hydrogens (tertiary/aromatic N) is 1. The van der Waals surface area contributed by atoms with Gasteiger partial charge in [0.25, 0.3) is 0 Å². The maximum Gasteiger partial charge on any atom is 0.156 e. The van der Waals surface area contributed by atoms with E-state index >= 15 is 0 Å². The number of nitrogens with one attached hydrogen (secondary N) is 1. The van der Waals surface area contributed by atoms with Gasteiger partial charge in [-0.1, -0.05) is 64.6 Å². The first-order chi connectivity index (χ1) is 8.72. The number of hydrogen-bond donors (Lipinski definition) is 1. The van der Waals surface area contributed by atoms with Crippen LogP contribution >= 0.6 is 11.8 Å². The van der Waals surface area contributed by atoms with Crippen LogP contribution in [0.4, 0.5) is 0 Å². The number of hydrogen-bond acceptors (Lipinski definition) is 3. The van der Waals surface area contributed by atoms with Crippen LogP contribution < -0.4 is 5.32 Å². The Hall–Kier alpha value is -0.180. The Balaban J connectivity index is 1.90. The zero-order chi connectivity index (χ0) is 13.2. The van der Waals surface area contributed by atoms with Crippen LogP contribution in [-0.2, 0) is 0 Å². The molecule has 0 bridgehead atoms. The third-order valence-electron chi connectivity index (χ3n) is 3.31. The van der Waals surface area contributed by atoms with Crippen molar-refractivity contribution in [3.05, 3.63) is 0 Å². The Labute approximate surface area is 117 Å². The fourth-order valence-corrected chi connectivity index (χ4v) is 3.37. The number of unbranched alkanes of at least 4 members (excludes halogenated alkanes) is 3. The van der Waals surface area contributed by atoms with E-state index in [1.54, 1.807) is 0 Å². The summed E-state index contributed by atoms with van der Waals surface area (Å²) in [5.41, 5.74) is 0. The summed E-state index contributed by atoms with van der Waals surface area (Å²) in [6.45, 7) is 9.00. The monoisotopic (exact) mass is 270 g/mol. The van der Waals surface area contributed by atoms with Crippen molar-refractivity contribution in [2.75, 3.05) is 13.1 Å². The zero-order valence-corrected chi connectivity index (χ0v) is 13.2. The lowest BCUT2D eigenvalue weighted by Crippen LogP contribution is -2.20. The maximum atomic E-state index is 4.56. The molecule has 0 aliphatic carbocycles. The largest absolute Gasteiger partial charge is 0.365 e. The fraction of sp³-hybridized carbons (Fsp3) is 0.933. The number of thioether (sulfide) groups is 1. The summed E-state index contributed by atoms with van der Waals surface area (Å²) in [5, 5.41) is 5.41. The standard InChI is InChI=1S/C15H30N2S/c1-4-9-14-12-17-15(18-14)16-11-8-6-5-7-10-13(2)3/h13-14H,4-12H2,1-3H3,(H,16,17). The molecule has 1 aliphatic heterocycles. The predicted molar refractivity (Wildman–Crippen MR) is 84.5 cm³/mol. The SMILES string of the molecule is CCCC1CN=C(NCCCCCCC(C)C)S1. The lowest BCUT2D eigenvalue weighted by Gasteiger charge is -2.08. The number of rotatable bonds is 9. The fourth-order valence-electron chi connectivity index (χ4n) is 2.21. The van der Waals surface area contributed by atoms with E-state index in [1.165, 1.54) is 50.1 Å². The third-order valence-corrected chi connectivity index (χ3v) is 4.53. The summed E-state index contributed by atoms with van der Waals surface area (Å²) in [6, 6.07) is 0. The highest BCUT2D eigenvalue weighted by atomic mass is 32.2. The van der Waals surface area contributed by atoms with Crippen LogP contribution in [0.25, 0.3) is 0 Å². The second kappa shape index (κ2) is 9.71. The molecule has 1 heterocycles. The summed E-state index contributed by atoms with van der Waals surface area (Å²) in [5.74, 6) is 0.864. The van der Waals surface area contributed by atoms with Crippen LogP contribution in [0.5, 0.6) is 0 Å². The molecule has 1 aliphatic rings. The highest BCUT2D eigenvalue weighted by Crippen LogP contribution is 2.23.